The molecular formula is C15H18N4O2. The molecule has 0 saturated carbocycles. The first-order valence-corrected chi connectivity index (χ1v) is 7.47. The molecule has 2 N–H and O–H groups in total. The van der Waals surface area contributed by atoms with Gasteiger partial charge in [-0.05, 0) is 37.4 Å². The molecule has 6 heteroatoms. The zero-order valence-corrected chi connectivity index (χ0v) is 11.7. The number of hydrogen-bond donors (Lipinski definition) is 2. The summed E-state index contributed by atoms with van der Waals surface area (Å²) in [6.07, 6.45) is 2.39. The van der Waals surface area contributed by atoms with Gasteiger partial charge in [0.1, 0.15) is 0 Å². The van der Waals surface area contributed by atoms with Gasteiger partial charge in [-0.15, -0.1) is 0 Å². The Morgan fingerprint density at radius 1 is 1.14 bits per heavy atom. The number of fused-ring (bicyclic) bond motifs is 2. The summed E-state index contributed by atoms with van der Waals surface area (Å²) in [4.78, 5) is 26.6. The molecule has 2 aliphatic rings. The van der Waals surface area contributed by atoms with Crippen LogP contribution >= 0.6 is 0 Å². The molecule has 1 aromatic carbocycles. The Bertz CT molecular complexity index is 780. The highest BCUT2D eigenvalue weighted by molar-refractivity contribution is 5.78. The third-order valence-electron chi connectivity index (χ3n) is 4.65. The molecule has 2 saturated heterocycles. The van der Waals surface area contributed by atoms with Crippen molar-refractivity contribution in [3.63, 3.8) is 0 Å². The molecular weight excluding hydrogens is 268 g/mol. The number of nitrogens with one attached hydrogen (secondary N) is 2. The van der Waals surface area contributed by atoms with Crippen LogP contribution in [0.3, 0.4) is 0 Å². The zero-order chi connectivity index (χ0) is 14.4. The molecule has 6 nitrogen and oxygen atoms in total. The molecule has 2 atom stereocenters. The molecule has 110 valence electrons. The maximum atomic E-state index is 12.3. The highest BCUT2D eigenvalue weighted by atomic mass is 16.2. The summed E-state index contributed by atoms with van der Waals surface area (Å²) in [6.45, 7) is 2.71. The van der Waals surface area contributed by atoms with Crippen molar-refractivity contribution in [2.24, 2.45) is 5.92 Å². The highest BCUT2D eigenvalue weighted by Gasteiger charge is 2.35. The number of nitrogens with zero attached hydrogens (tertiary/aromatic N) is 2. The van der Waals surface area contributed by atoms with Crippen LogP contribution in [-0.2, 0) is 0 Å². The van der Waals surface area contributed by atoms with E-state index in [1.54, 1.807) is 10.7 Å². The Morgan fingerprint density at radius 2 is 2.00 bits per heavy atom. The van der Waals surface area contributed by atoms with Crippen molar-refractivity contribution >= 4 is 10.9 Å². The Balaban J connectivity index is 1.84. The van der Waals surface area contributed by atoms with Crippen LogP contribution in [0, 0.1) is 5.92 Å². The predicted octanol–water partition coefficient (Wildman–Crippen LogP) is 0.00960. The summed E-state index contributed by atoms with van der Waals surface area (Å²) >= 11 is 0. The van der Waals surface area contributed by atoms with E-state index in [1.165, 1.54) is 12.8 Å². The standard InChI is InChI=1S/C15H18N4O2/c20-14-11-5-1-2-6-13(11)19(15(21)17-14)18-8-10-4-3-7-16-12(10)9-18/h1-2,5-6,10,12,16H,3-4,7-9H2,(H,17,20,21)/t10?,12-/m1/s1. The molecule has 1 unspecified atom stereocenters. The van der Waals surface area contributed by atoms with Crippen LogP contribution in [0.5, 0.6) is 0 Å². The summed E-state index contributed by atoms with van der Waals surface area (Å²) < 4.78 is 1.64. The largest absolute Gasteiger partial charge is 0.347 e. The predicted molar refractivity (Wildman–Crippen MR) is 81.3 cm³/mol. The number of aromatic amines is 1. The van der Waals surface area contributed by atoms with Crippen LogP contribution in [-0.4, -0.2) is 35.3 Å². The van der Waals surface area contributed by atoms with Gasteiger partial charge in [0.05, 0.1) is 17.4 Å². The van der Waals surface area contributed by atoms with Crippen LogP contribution in [0.25, 0.3) is 10.9 Å². The molecule has 2 aromatic rings. The first kappa shape index (κ1) is 12.6. The second-order valence-electron chi connectivity index (χ2n) is 5.92. The van der Waals surface area contributed by atoms with Crippen molar-refractivity contribution in [3.05, 3.63) is 45.1 Å². The highest BCUT2D eigenvalue weighted by Crippen LogP contribution is 2.24. The van der Waals surface area contributed by atoms with E-state index in [0.29, 0.717) is 22.9 Å². The summed E-state index contributed by atoms with van der Waals surface area (Å²) in [5, 5.41) is 6.15. The van der Waals surface area contributed by atoms with Crippen molar-refractivity contribution in [1.29, 1.82) is 0 Å². The maximum Gasteiger partial charge on any atom is 0.347 e. The summed E-state index contributed by atoms with van der Waals surface area (Å²) in [7, 11) is 0. The van der Waals surface area contributed by atoms with Gasteiger partial charge in [-0.3, -0.25) is 9.78 Å². The molecule has 0 spiro atoms. The van der Waals surface area contributed by atoms with E-state index in [1.807, 2.05) is 18.2 Å². The summed E-state index contributed by atoms with van der Waals surface area (Å²) in [5.74, 6) is 0.580. The Hall–Kier alpha value is -2.08. The molecule has 2 fully saturated rings. The molecule has 0 radical (unpaired) electrons. The average Bonchev–Trinajstić information content (AvgIpc) is 2.90. The molecule has 4 rings (SSSR count). The number of H-pyrrole nitrogens is 1. The monoisotopic (exact) mass is 286 g/mol. The fourth-order valence-electron chi connectivity index (χ4n) is 3.65. The molecule has 1 aromatic heterocycles. The summed E-state index contributed by atoms with van der Waals surface area (Å²) in [5.41, 5.74) is 0.0174. The van der Waals surface area contributed by atoms with E-state index in [4.69, 9.17) is 0 Å². The fourth-order valence-corrected chi connectivity index (χ4v) is 3.65. The van der Waals surface area contributed by atoms with Crippen molar-refractivity contribution in [3.8, 4) is 0 Å². The van der Waals surface area contributed by atoms with Crippen LogP contribution in [0.4, 0.5) is 0 Å². The molecule has 3 heterocycles. The molecule has 0 amide bonds. The van der Waals surface area contributed by atoms with Gasteiger partial charge in [-0.25, -0.2) is 9.47 Å². The first-order valence-electron chi connectivity index (χ1n) is 7.47. The van der Waals surface area contributed by atoms with Crippen LogP contribution < -0.4 is 21.6 Å². The minimum atomic E-state index is -0.350. The number of hydrogen-bond acceptors (Lipinski definition) is 4. The Kier molecular flexibility index (Phi) is 2.85. The lowest BCUT2D eigenvalue weighted by Gasteiger charge is -2.24. The average molecular weight is 286 g/mol. The quantitative estimate of drug-likeness (QED) is 0.775. The molecule has 0 bridgehead atoms. The van der Waals surface area contributed by atoms with Gasteiger partial charge in [0.2, 0.25) is 0 Å². The van der Waals surface area contributed by atoms with Crippen LogP contribution in [0.2, 0.25) is 0 Å². The van der Waals surface area contributed by atoms with Crippen molar-refractivity contribution in [2.45, 2.75) is 18.9 Å². The SMILES string of the molecule is O=c1[nH]c(=O)n(N2CC3CCCN[C@@H]3C2)c2ccccc12. The van der Waals surface area contributed by atoms with Crippen molar-refractivity contribution < 1.29 is 0 Å². The van der Waals surface area contributed by atoms with Crippen molar-refractivity contribution in [1.82, 2.24) is 15.0 Å². The fraction of sp³-hybridized carbons (Fsp3) is 0.467. The smallest absolute Gasteiger partial charge is 0.312 e. The lowest BCUT2D eigenvalue weighted by Crippen LogP contribution is -2.46. The normalized spacial score (nSPS) is 25.2. The summed E-state index contributed by atoms with van der Waals surface area (Å²) in [6, 6.07) is 7.71. The number of benzene rings is 1. The number of piperidine rings is 1. The van der Waals surface area contributed by atoms with Gasteiger partial charge in [-0.1, -0.05) is 12.1 Å². The topological polar surface area (TPSA) is 70.1 Å². The van der Waals surface area contributed by atoms with E-state index in [9.17, 15) is 9.59 Å². The molecule has 2 aliphatic heterocycles. The van der Waals surface area contributed by atoms with Gasteiger partial charge >= 0.3 is 5.69 Å². The molecule has 21 heavy (non-hydrogen) atoms. The van der Waals surface area contributed by atoms with E-state index in [0.717, 1.165) is 19.6 Å². The Morgan fingerprint density at radius 3 is 2.86 bits per heavy atom. The first-order chi connectivity index (χ1) is 10.2. The van der Waals surface area contributed by atoms with E-state index < -0.39 is 0 Å². The number of para-hydroxylation sites is 1. The third-order valence-corrected chi connectivity index (χ3v) is 4.65. The van der Waals surface area contributed by atoms with Crippen LogP contribution in [0.15, 0.2) is 33.9 Å². The van der Waals surface area contributed by atoms with Crippen LogP contribution in [0.1, 0.15) is 12.8 Å². The van der Waals surface area contributed by atoms with Gasteiger partial charge in [0.25, 0.3) is 5.56 Å². The number of rotatable bonds is 1. The lowest BCUT2D eigenvalue weighted by atomic mass is 9.94. The second-order valence-corrected chi connectivity index (χ2v) is 5.92. The minimum Gasteiger partial charge on any atom is -0.312 e. The van der Waals surface area contributed by atoms with Gasteiger partial charge in [-0.2, -0.15) is 0 Å². The van der Waals surface area contributed by atoms with Gasteiger partial charge in [0.15, 0.2) is 0 Å². The maximum absolute atomic E-state index is 12.3. The van der Waals surface area contributed by atoms with E-state index >= 15 is 0 Å². The van der Waals surface area contributed by atoms with Crippen molar-refractivity contribution in [2.75, 3.05) is 24.6 Å². The third kappa shape index (κ3) is 1.98. The molecule has 0 aliphatic carbocycles. The lowest BCUT2D eigenvalue weighted by molar-refractivity contribution is 0.339. The van der Waals surface area contributed by atoms with Gasteiger partial charge in [0, 0.05) is 12.6 Å². The Labute approximate surface area is 121 Å². The zero-order valence-electron chi connectivity index (χ0n) is 11.7. The van der Waals surface area contributed by atoms with E-state index in [2.05, 4.69) is 15.3 Å². The minimum absolute atomic E-state index is 0.318. The van der Waals surface area contributed by atoms with Gasteiger partial charge < -0.3 is 10.3 Å². The number of aromatic nitrogens is 2. The van der Waals surface area contributed by atoms with E-state index in [-0.39, 0.29) is 11.2 Å². The second kappa shape index (κ2) is 4.73.